The van der Waals surface area contributed by atoms with Crippen molar-refractivity contribution in [3.8, 4) is 0 Å². The molecule has 0 radical (unpaired) electrons. The summed E-state index contributed by atoms with van der Waals surface area (Å²) in [5.41, 5.74) is 3.13. The maximum Gasteiger partial charge on any atom is 0.0777 e. The van der Waals surface area contributed by atoms with Crippen LogP contribution in [0.1, 0.15) is 49.4 Å². The molecule has 0 unspecified atom stereocenters. The predicted octanol–water partition coefficient (Wildman–Crippen LogP) is 3.53. The highest BCUT2D eigenvalue weighted by Gasteiger charge is 2.16. The Hall–Kier alpha value is -1.97. The maximum atomic E-state index is 4.60. The van der Waals surface area contributed by atoms with Gasteiger partial charge >= 0.3 is 0 Å². The highest BCUT2D eigenvalue weighted by molar-refractivity contribution is 5.39. The van der Waals surface area contributed by atoms with E-state index >= 15 is 0 Å². The van der Waals surface area contributed by atoms with E-state index in [0.717, 1.165) is 17.1 Å². The average Bonchev–Trinajstić information content (AvgIpc) is 2.55. The zero-order chi connectivity index (χ0) is 13.6. The van der Waals surface area contributed by atoms with Gasteiger partial charge in [0.2, 0.25) is 0 Å². The van der Waals surface area contributed by atoms with Crippen molar-refractivity contribution in [1.29, 1.82) is 0 Å². The third kappa shape index (κ3) is 3.32. The molecule has 0 amide bonds. The van der Waals surface area contributed by atoms with Crippen LogP contribution in [-0.4, -0.2) is 15.0 Å². The largest absolute Gasteiger partial charge is 0.378 e. The Labute approximate surface area is 119 Å². The Bertz CT molecular complexity index is 518. The van der Waals surface area contributed by atoms with Gasteiger partial charge in [-0.15, -0.1) is 0 Å². The fraction of sp³-hybridized carbons (Fsp3) is 0.438. The van der Waals surface area contributed by atoms with Crippen LogP contribution in [0.15, 0.2) is 36.9 Å². The SMILES string of the molecule is c1cncc(NCc2cnc(C3CCCCC3)cn2)c1. The molecule has 0 aromatic carbocycles. The molecule has 1 aliphatic carbocycles. The number of nitrogens with zero attached hydrogens (tertiary/aromatic N) is 3. The smallest absolute Gasteiger partial charge is 0.0777 e. The number of aromatic nitrogens is 3. The summed E-state index contributed by atoms with van der Waals surface area (Å²) in [6.07, 6.45) is 14.0. The van der Waals surface area contributed by atoms with Crippen LogP contribution < -0.4 is 5.32 Å². The van der Waals surface area contributed by atoms with Gasteiger partial charge in [0.1, 0.15) is 0 Å². The minimum Gasteiger partial charge on any atom is -0.378 e. The van der Waals surface area contributed by atoms with E-state index in [9.17, 15) is 0 Å². The molecule has 1 fully saturated rings. The first-order valence-corrected chi connectivity index (χ1v) is 7.36. The molecule has 1 aliphatic rings. The van der Waals surface area contributed by atoms with Crippen LogP contribution in [0.3, 0.4) is 0 Å². The van der Waals surface area contributed by atoms with E-state index in [1.807, 2.05) is 30.7 Å². The Morgan fingerprint density at radius 3 is 2.65 bits per heavy atom. The maximum absolute atomic E-state index is 4.60. The molecule has 4 nitrogen and oxygen atoms in total. The molecule has 2 heterocycles. The molecule has 0 spiro atoms. The standard InChI is InChI=1S/C16H20N4/c1-2-5-13(6-3-1)16-12-19-15(11-20-16)10-18-14-7-4-8-17-9-14/h4,7-9,11-13,18H,1-3,5-6,10H2. The summed E-state index contributed by atoms with van der Waals surface area (Å²) < 4.78 is 0. The molecular formula is C16H20N4. The van der Waals surface area contributed by atoms with Gasteiger partial charge in [0.25, 0.3) is 0 Å². The first kappa shape index (κ1) is 13.0. The lowest BCUT2D eigenvalue weighted by atomic mass is 9.87. The quantitative estimate of drug-likeness (QED) is 0.921. The lowest BCUT2D eigenvalue weighted by molar-refractivity contribution is 0.435. The van der Waals surface area contributed by atoms with Crippen LogP contribution in [0.25, 0.3) is 0 Å². The number of pyridine rings is 1. The zero-order valence-electron chi connectivity index (χ0n) is 11.6. The molecule has 0 aliphatic heterocycles. The summed E-state index contributed by atoms with van der Waals surface area (Å²) in [6, 6.07) is 3.91. The average molecular weight is 268 g/mol. The Morgan fingerprint density at radius 1 is 1.05 bits per heavy atom. The number of nitrogens with one attached hydrogen (secondary N) is 1. The summed E-state index contributed by atoms with van der Waals surface area (Å²) in [7, 11) is 0. The van der Waals surface area contributed by atoms with Gasteiger partial charge in [-0.05, 0) is 25.0 Å². The highest BCUT2D eigenvalue weighted by Crippen LogP contribution is 2.30. The topological polar surface area (TPSA) is 50.7 Å². The Morgan fingerprint density at radius 2 is 1.95 bits per heavy atom. The molecule has 3 rings (SSSR count). The number of anilines is 1. The first-order valence-electron chi connectivity index (χ1n) is 7.36. The van der Waals surface area contributed by atoms with Crippen molar-refractivity contribution in [2.75, 3.05) is 5.32 Å². The first-order chi connectivity index (χ1) is 9.92. The molecule has 2 aromatic rings. The second-order valence-corrected chi connectivity index (χ2v) is 5.36. The zero-order valence-corrected chi connectivity index (χ0v) is 11.6. The third-order valence-corrected chi connectivity index (χ3v) is 3.88. The third-order valence-electron chi connectivity index (χ3n) is 3.88. The van der Waals surface area contributed by atoms with Gasteiger partial charge in [-0.2, -0.15) is 0 Å². The molecular weight excluding hydrogens is 248 g/mol. The van der Waals surface area contributed by atoms with E-state index in [2.05, 4.69) is 20.3 Å². The van der Waals surface area contributed by atoms with Crippen molar-refractivity contribution in [3.63, 3.8) is 0 Å². The molecule has 1 saturated carbocycles. The fourth-order valence-corrected chi connectivity index (χ4v) is 2.73. The van der Waals surface area contributed by atoms with Gasteiger partial charge in [-0.1, -0.05) is 19.3 Å². The number of hydrogen-bond acceptors (Lipinski definition) is 4. The van der Waals surface area contributed by atoms with E-state index in [0.29, 0.717) is 12.5 Å². The van der Waals surface area contributed by atoms with Gasteiger partial charge in [0.05, 0.1) is 29.8 Å². The number of rotatable bonds is 4. The van der Waals surface area contributed by atoms with Crippen LogP contribution >= 0.6 is 0 Å². The van der Waals surface area contributed by atoms with Crippen LogP contribution in [0.4, 0.5) is 5.69 Å². The number of hydrogen-bond donors (Lipinski definition) is 1. The van der Waals surface area contributed by atoms with Crippen LogP contribution in [0.2, 0.25) is 0 Å². The highest BCUT2D eigenvalue weighted by atomic mass is 14.9. The predicted molar refractivity (Wildman–Crippen MR) is 79.4 cm³/mol. The van der Waals surface area contributed by atoms with Gasteiger partial charge < -0.3 is 5.32 Å². The Balaban J connectivity index is 1.58. The van der Waals surface area contributed by atoms with Gasteiger partial charge in [-0.3, -0.25) is 15.0 Å². The molecule has 2 aromatic heterocycles. The lowest BCUT2D eigenvalue weighted by Gasteiger charge is -2.20. The van der Waals surface area contributed by atoms with E-state index < -0.39 is 0 Å². The van der Waals surface area contributed by atoms with Crippen LogP contribution in [0.5, 0.6) is 0 Å². The van der Waals surface area contributed by atoms with Crippen LogP contribution in [-0.2, 0) is 6.54 Å². The molecule has 20 heavy (non-hydrogen) atoms. The summed E-state index contributed by atoms with van der Waals surface area (Å²) in [4.78, 5) is 13.2. The Kier molecular flexibility index (Phi) is 4.21. The summed E-state index contributed by atoms with van der Waals surface area (Å²) >= 11 is 0. The summed E-state index contributed by atoms with van der Waals surface area (Å²) in [5.74, 6) is 0.622. The molecule has 0 bridgehead atoms. The van der Waals surface area contributed by atoms with Gasteiger partial charge in [0, 0.05) is 24.5 Å². The molecule has 1 N–H and O–H groups in total. The van der Waals surface area contributed by atoms with Gasteiger partial charge in [-0.25, -0.2) is 0 Å². The van der Waals surface area contributed by atoms with Gasteiger partial charge in [0.15, 0.2) is 0 Å². The van der Waals surface area contributed by atoms with E-state index in [4.69, 9.17) is 0 Å². The van der Waals surface area contributed by atoms with Crippen molar-refractivity contribution in [1.82, 2.24) is 15.0 Å². The summed E-state index contributed by atoms with van der Waals surface area (Å²) in [6.45, 7) is 0.684. The van der Waals surface area contributed by atoms with Crippen molar-refractivity contribution >= 4 is 5.69 Å². The minimum atomic E-state index is 0.622. The van der Waals surface area contributed by atoms with E-state index in [1.165, 1.54) is 32.1 Å². The normalized spacial score (nSPS) is 16.0. The molecule has 104 valence electrons. The van der Waals surface area contributed by atoms with Crippen molar-refractivity contribution in [3.05, 3.63) is 48.3 Å². The second kappa shape index (κ2) is 6.46. The second-order valence-electron chi connectivity index (χ2n) is 5.36. The van der Waals surface area contributed by atoms with Crippen LogP contribution in [0, 0.1) is 0 Å². The fourth-order valence-electron chi connectivity index (χ4n) is 2.73. The van der Waals surface area contributed by atoms with Crippen molar-refractivity contribution in [2.24, 2.45) is 0 Å². The van der Waals surface area contributed by atoms with Crippen molar-refractivity contribution in [2.45, 2.75) is 44.6 Å². The summed E-state index contributed by atoms with van der Waals surface area (Å²) in [5, 5.41) is 3.29. The van der Waals surface area contributed by atoms with Crippen molar-refractivity contribution < 1.29 is 0 Å². The monoisotopic (exact) mass is 268 g/mol. The molecule has 0 atom stereocenters. The molecule has 0 saturated heterocycles. The van der Waals surface area contributed by atoms with E-state index in [-0.39, 0.29) is 0 Å². The van der Waals surface area contributed by atoms with E-state index in [1.54, 1.807) is 6.20 Å². The molecule has 4 heteroatoms. The minimum absolute atomic E-state index is 0.622. The lowest BCUT2D eigenvalue weighted by Crippen LogP contribution is -2.09.